The van der Waals surface area contributed by atoms with Crippen LogP contribution in [0.4, 0.5) is 5.69 Å². The summed E-state index contributed by atoms with van der Waals surface area (Å²) in [5.74, 6) is 1.78. The minimum absolute atomic E-state index is 0.119. The quantitative estimate of drug-likeness (QED) is 0.715. The third-order valence-corrected chi connectivity index (χ3v) is 7.30. The topological polar surface area (TPSA) is 64.2 Å². The Kier molecular flexibility index (Phi) is 5.08. The van der Waals surface area contributed by atoms with E-state index in [4.69, 9.17) is 4.42 Å². The molecule has 1 aliphatic rings. The molecule has 1 aliphatic heterocycles. The smallest absolute Gasteiger partial charge is 0.408 e. The second kappa shape index (κ2) is 7.63. The van der Waals surface area contributed by atoms with E-state index in [-0.39, 0.29) is 18.9 Å². The summed E-state index contributed by atoms with van der Waals surface area (Å²) in [6.45, 7) is 0.287. The molecule has 5 nitrogen and oxygen atoms in total. The third kappa shape index (κ3) is 3.68. The lowest BCUT2D eigenvalue weighted by Gasteiger charge is -2.11. The number of thioether (sulfide) groups is 2. The summed E-state index contributed by atoms with van der Waals surface area (Å²) in [6.07, 6.45) is 0.209. The molecule has 0 radical (unpaired) electrons. The van der Waals surface area contributed by atoms with Gasteiger partial charge in [-0.2, -0.15) is 0 Å². The zero-order chi connectivity index (χ0) is 17.9. The maximum absolute atomic E-state index is 12.3. The number of hydrogen-bond donors (Lipinski definition) is 1. The average Bonchev–Trinajstić information content (AvgIpc) is 3.28. The summed E-state index contributed by atoms with van der Waals surface area (Å²) in [7, 11) is 0. The number of carbonyl (C=O) groups is 1. The molecular formula is C19H18N2O3S2. The molecule has 2 heterocycles. The van der Waals surface area contributed by atoms with Gasteiger partial charge in [0.05, 0.1) is 10.1 Å². The molecule has 0 aliphatic carbocycles. The summed E-state index contributed by atoms with van der Waals surface area (Å²) < 4.78 is 7.14. The van der Waals surface area contributed by atoms with Gasteiger partial charge in [0.2, 0.25) is 5.91 Å². The number of hydrogen-bond acceptors (Lipinski definition) is 5. The van der Waals surface area contributed by atoms with Crippen molar-refractivity contribution >= 4 is 46.2 Å². The van der Waals surface area contributed by atoms with E-state index in [0.717, 1.165) is 5.69 Å². The van der Waals surface area contributed by atoms with E-state index in [0.29, 0.717) is 15.7 Å². The van der Waals surface area contributed by atoms with Crippen molar-refractivity contribution in [1.82, 2.24) is 4.57 Å². The zero-order valence-electron chi connectivity index (χ0n) is 14.0. The highest BCUT2D eigenvalue weighted by Crippen LogP contribution is 2.45. The van der Waals surface area contributed by atoms with E-state index in [9.17, 15) is 9.59 Å². The summed E-state index contributed by atoms with van der Waals surface area (Å²) in [4.78, 5) is 24.3. The molecule has 7 heteroatoms. The monoisotopic (exact) mass is 386 g/mol. The van der Waals surface area contributed by atoms with Gasteiger partial charge in [-0.25, -0.2) is 4.79 Å². The van der Waals surface area contributed by atoms with Crippen LogP contribution in [-0.4, -0.2) is 22.0 Å². The highest BCUT2D eigenvalue weighted by Gasteiger charge is 2.18. The Balaban J connectivity index is 1.42. The summed E-state index contributed by atoms with van der Waals surface area (Å²) in [5.41, 5.74) is 3.28. The van der Waals surface area contributed by atoms with Gasteiger partial charge in [-0.3, -0.25) is 9.36 Å². The number of fused-ring (bicyclic) bond motifs is 1. The number of benzene rings is 2. The largest absolute Gasteiger partial charge is 0.419 e. The Labute approximate surface area is 159 Å². The van der Waals surface area contributed by atoms with E-state index in [1.165, 1.54) is 21.6 Å². The van der Waals surface area contributed by atoms with Crippen molar-refractivity contribution in [2.24, 2.45) is 0 Å². The van der Waals surface area contributed by atoms with Crippen molar-refractivity contribution in [2.45, 2.75) is 17.5 Å². The van der Waals surface area contributed by atoms with Gasteiger partial charge in [0.1, 0.15) is 0 Å². The van der Waals surface area contributed by atoms with Crippen LogP contribution in [0.15, 0.2) is 57.7 Å². The molecule has 3 aromatic rings. The number of carbonyl (C=O) groups excluding carboxylic acids is 1. The molecule has 1 aromatic heterocycles. The van der Waals surface area contributed by atoms with Gasteiger partial charge in [-0.1, -0.05) is 24.3 Å². The fourth-order valence-corrected chi connectivity index (χ4v) is 5.81. The number of para-hydroxylation sites is 2. The van der Waals surface area contributed by atoms with Crippen molar-refractivity contribution in [2.75, 3.05) is 16.8 Å². The second-order valence-electron chi connectivity index (χ2n) is 5.98. The molecule has 0 saturated carbocycles. The molecule has 4 rings (SSSR count). The van der Waals surface area contributed by atoms with Crippen molar-refractivity contribution in [3.8, 4) is 0 Å². The van der Waals surface area contributed by atoms with Gasteiger partial charge < -0.3 is 9.73 Å². The first kappa shape index (κ1) is 17.3. The van der Waals surface area contributed by atoms with Gasteiger partial charge >= 0.3 is 5.76 Å². The molecule has 1 amide bonds. The number of nitrogens with zero attached hydrogens (tertiary/aromatic N) is 1. The maximum Gasteiger partial charge on any atom is 0.419 e. The van der Waals surface area contributed by atoms with Crippen LogP contribution in [0.2, 0.25) is 0 Å². The third-order valence-electron chi connectivity index (χ3n) is 4.20. The lowest BCUT2D eigenvalue weighted by molar-refractivity contribution is -0.116. The van der Waals surface area contributed by atoms with E-state index in [2.05, 4.69) is 11.4 Å². The highest BCUT2D eigenvalue weighted by atomic mass is 32.2. The molecule has 0 unspecified atom stereocenters. The Morgan fingerprint density at radius 2 is 1.96 bits per heavy atom. The van der Waals surface area contributed by atoms with Crippen LogP contribution >= 0.6 is 23.5 Å². The van der Waals surface area contributed by atoms with Crippen LogP contribution in [-0.2, 0) is 11.3 Å². The summed E-state index contributed by atoms with van der Waals surface area (Å²) in [6, 6.07) is 15.2. The Hall–Kier alpha value is -2.12. The van der Waals surface area contributed by atoms with Crippen molar-refractivity contribution < 1.29 is 9.21 Å². The first-order valence-electron chi connectivity index (χ1n) is 8.42. The molecule has 2 aromatic carbocycles. The van der Waals surface area contributed by atoms with Crippen molar-refractivity contribution in [3.05, 3.63) is 64.6 Å². The minimum Gasteiger partial charge on any atom is -0.408 e. The highest BCUT2D eigenvalue weighted by molar-refractivity contribution is 8.19. The number of amides is 1. The Bertz CT molecular complexity index is 990. The lowest BCUT2D eigenvalue weighted by atomic mass is 10.2. The van der Waals surface area contributed by atoms with Crippen LogP contribution in [0.3, 0.4) is 0 Å². The molecule has 1 saturated heterocycles. The SMILES string of the molecule is O=C(CCn1c(=O)oc2ccccc21)Nc1cccc(C2SCCS2)c1. The summed E-state index contributed by atoms with van der Waals surface area (Å²) in [5, 5.41) is 2.93. The molecular weight excluding hydrogens is 368 g/mol. The zero-order valence-corrected chi connectivity index (χ0v) is 15.6. The molecule has 0 atom stereocenters. The van der Waals surface area contributed by atoms with E-state index < -0.39 is 5.76 Å². The molecule has 1 N–H and O–H groups in total. The van der Waals surface area contributed by atoms with Gasteiger partial charge in [0.15, 0.2) is 5.58 Å². The van der Waals surface area contributed by atoms with Crippen LogP contribution in [0.1, 0.15) is 16.6 Å². The van der Waals surface area contributed by atoms with Gasteiger partial charge in [0.25, 0.3) is 0 Å². The first-order chi connectivity index (χ1) is 12.7. The molecule has 26 heavy (non-hydrogen) atoms. The fraction of sp³-hybridized carbons (Fsp3) is 0.263. The maximum atomic E-state index is 12.3. The summed E-state index contributed by atoms with van der Waals surface area (Å²) >= 11 is 3.87. The van der Waals surface area contributed by atoms with Crippen LogP contribution < -0.4 is 11.1 Å². The van der Waals surface area contributed by atoms with Gasteiger partial charge in [-0.15, -0.1) is 23.5 Å². The van der Waals surface area contributed by atoms with Gasteiger partial charge in [0, 0.05) is 30.2 Å². The number of aromatic nitrogens is 1. The average molecular weight is 386 g/mol. The van der Waals surface area contributed by atoms with Crippen molar-refractivity contribution in [1.29, 1.82) is 0 Å². The number of oxazole rings is 1. The molecule has 134 valence electrons. The number of anilines is 1. The van der Waals surface area contributed by atoms with Crippen LogP contribution in [0.5, 0.6) is 0 Å². The second-order valence-corrected chi connectivity index (χ2v) is 8.71. The first-order valence-corrected chi connectivity index (χ1v) is 10.5. The molecule has 0 spiro atoms. The molecule has 1 fully saturated rings. The normalized spacial score (nSPS) is 14.8. The lowest BCUT2D eigenvalue weighted by Crippen LogP contribution is -2.19. The predicted molar refractivity (Wildman–Crippen MR) is 108 cm³/mol. The van der Waals surface area contributed by atoms with E-state index in [1.54, 1.807) is 6.07 Å². The molecule has 0 bridgehead atoms. The minimum atomic E-state index is -0.434. The fourth-order valence-electron chi connectivity index (χ4n) is 2.98. The number of nitrogens with one attached hydrogen (secondary N) is 1. The number of aryl methyl sites for hydroxylation is 1. The van der Waals surface area contributed by atoms with Gasteiger partial charge in [-0.05, 0) is 29.8 Å². The van der Waals surface area contributed by atoms with E-state index in [1.807, 2.05) is 59.9 Å². The van der Waals surface area contributed by atoms with E-state index >= 15 is 0 Å². The predicted octanol–water partition coefficient (Wildman–Crippen LogP) is 4.10. The standard InChI is InChI=1S/C19H18N2O3S2/c22-17(8-9-21-15-6-1-2-7-16(15)24-19(21)23)20-14-5-3-4-13(12-14)18-25-10-11-26-18/h1-7,12,18H,8-11H2,(H,20,22). The Morgan fingerprint density at radius 3 is 2.81 bits per heavy atom. The number of rotatable bonds is 5. The van der Waals surface area contributed by atoms with Crippen molar-refractivity contribution in [3.63, 3.8) is 0 Å². The Morgan fingerprint density at radius 1 is 1.15 bits per heavy atom. The van der Waals surface area contributed by atoms with Crippen LogP contribution in [0, 0.1) is 0 Å². The van der Waals surface area contributed by atoms with Crippen LogP contribution in [0.25, 0.3) is 11.1 Å².